The number of aryl methyl sites for hydroxylation is 1. The molecule has 0 saturated carbocycles. The van der Waals surface area contributed by atoms with Gasteiger partial charge in [0, 0.05) is 30.2 Å². The third kappa shape index (κ3) is 5.05. The first-order chi connectivity index (χ1) is 16.0. The van der Waals surface area contributed by atoms with E-state index in [0.717, 1.165) is 12.0 Å². The highest BCUT2D eigenvalue weighted by molar-refractivity contribution is 6.04. The predicted octanol–water partition coefficient (Wildman–Crippen LogP) is 1.34. The van der Waals surface area contributed by atoms with Crippen LogP contribution in [0.4, 0.5) is 17.1 Å². The van der Waals surface area contributed by atoms with Crippen LogP contribution in [0.3, 0.4) is 0 Å². The topological polar surface area (TPSA) is 108 Å². The van der Waals surface area contributed by atoms with Crippen molar-refractivity contribution in [1.29, 1.82) is 0 Å². The minimum atomic E-state index is -1.67. The number of carbonyl (C=O) groups is 3. The summed E-state index contributed by atoms with van der Waals surface area (Å²) >= 11 is 0. The molecule has 3 amide bonds. The molecule has 0 aromatic heterocycles. The Kier molecular flexibility index (Phi) is 7.02. The van der Waals surface area contributed by atoms with Crippen LogP contribution in [0.2, 0.25) is 0 Å². The predicted molar refractivity (Wildman–Crippen MR) is 122 cm³/mol. The standard InChI is InChI=1S/C24H27N3O6/c1-2-16-6-8-17(9-7-16)25-23(30)21(29)22-24(31)27(11-13-33-22)19-5-3-4-18(14-19)26-10-12-32-15-20(26)28/h3-9,14,21-22,29H,2,10-13,15H2,1H3,(H,25,30)/t21-,22-/m1/s1. The summed E-state index contributed by atoms with van der Waals surface area (Å²) in [5.41, 5.74) is 2.87. The van der Waals surface area contributed by atoms with Gasteiger partial charge in [-0.3, -0.25) is 14.4 Å². The Morgan fingerprint density at radius 1 is 1.09 bits per heavy atom. The molecule has 2 saturated heterocycles. The van der Waals surface area contributed by atoms with E-state index in [9.17, 15) is 19.5 Å². The molecule has 4 rings (SSSR count). The number of hydrogen-bond donors (Lipinski definition) is 2. The van der Waals surface area contributed by atoms with Crippen LogP contribution < -0.4 is 15.1 Å². The van der Waals surface area contributed by atoms with Crippen LogP contribution in [0.15, 0.2) is 48.5 Å². The Balaban J connectivity index is 1.46. The van der Waals surface area contributed by atoms with Crippen molar-refractivity contribution in [3.63, 3.8) is 0 Å². The lowest BCUT2D eigenvalue weighted by Crippen LogP contribution is -2.55. The zero-order valence-electron chi connectivity index (χ0n) is 18.4. The molecule has 2 fully saturated rings. The van der Waals surface area contributed by atoms with Crippen LogP contribution in [-0.4, -0.2) is 67.9 Å². The fraction of sp³-hybridized carbons (Fsp3) is 0.375. The van der Waals surface area contributed by atoms with Gasteiger partial charge in [-0.1, -0.05) is 25.1 Å². The molecule has 2 heterocycles. The van der Waals surface area contributed by atoms with Crippen molar-refractivity contribution < 1.29 is 29.0 Å². The van der Waals surface area contributed by atoms with E-state index < -0.39 is 24.0 Å². The van der Waals surface area contributed by atoms with Gasteiger partial charge in [-0.2, -0.15) is 0 Å². The number of nitrogens with zero attached hydrogens (tertiary/aromatic N) is 2. The maximum atomic E-state index is 13.1. The van der Waals surface area contributed by atoms with Crippen molar-refractivity contribution in [1.82, 2.24) is 0 Å². The lowest BCUT2D eigenvalue weighted by molar-refractivity contribution is -0.150. The van der Waals surface area contributed by atoms with Gasteiger partial charge in [-0.05, 0) is 42.3 Å². The normalized spacial score (nSPS) is 20.0. The second-order valence-electron chi connectivity index (χ2n) is 7.88. The van der Waals surface area contributed by atoms with Crippen molar-refractivity contribution in [2.24, 2.45) is 0 Å². The molecule has 9 heteroatoms. The Morgan fingerprint density at radius 3 is 2.48 bits per heavy atom. The summed E-state index contributed by atoms with van der Waals surface area (Å²) in [6, 6.07) is 14.3. The molecule has 2 aliphatic rings. The molecule has 2 N–H and O–H groups in total. The van der Waals surface area contributed by atoms with Crippen molar-refractivity contribution in [3.8, 4) is 0 Å². The highest BCUT2D eigenvalue weighted by Crippen LogP contribution is 2.26. The highest BCUT2D eigenvalue weighted by atomic mass is 16.5. The zero-order chi connectivity index (χ0) is 23.4. The van der Waals surface area contributed by atoms with Crippen molar-refractivity contribution in [2.75, 3.05) is 48.0 Å². The van der Waals surface area contributed by atoms with E-state index >= 15 is 0 Å². The van der Waals surface area contributed by atoms with E-state index in [1.165, 1.54) is 4.90 Å². The Labute approximate surface area is 191 Å². The number of benzene rings is 2. The average Bonchev–Trinajstić information content (AvgIpc) is 2.84. The molecule has 2 aliphatic heterocycles. The zero-order valence-corrected chi connectivity index (χ0v) is 18.4. The van der Waals surface area contributed by atoms with Gasteiger partial charge in [0.2, 0.25) is 0 Å². The number of carbonyl (C=O) groups excluding carboxylic acids is 3. The number of aliphatic hydroxyl groups is 1. The number of hydrogen-bond acceptors (Lipinski definition) is 6. The van der Waals surface area contributed by atoms with Gasteiger partial charge in [0.05, 0.1) is 13.2 Å². The number of nitrogens with one attached hydrogen (secondary N) is 1. The minimum Gasteiger partial charge on any atom is -0.380 e. The van der Waals surface area contributed by atoms with Gasteiger partial charge >= 0.3 is 0 Å². The quantitative estimate of drug-likeness (QED) is 0.684. The average molecular weight is 453 g/mol. The maximum Gasteiger partial charge on any atom is 0.259 e. The second-order valence-corrected chi connectivity index (χ2v) is 7.88. The van der Waals surface area contributed by atoms with Gasteiger partial charge in [0.25, 0.3) is 17.7 Å². The van der Waals surface area contributed by atoms with Crippen molar-refractivity contribution in [2.45, 2.75) is 25.6 Å². The summed E-state index contributed by atoms with van der Waals surface area (Å²) in [4.78, 5) is 41.0. The lowest BCUT2D eigenvalue weighted by atomic mass is 10.1. The van der Waals surface area contributed by atoms with Crippen molar-refractivity contribution >= 4 is 34.8 Å². The maximum absolute atomic E-state index is 13.1. The summed E-state index contributed by atoms with van der Waals surface area (Å²) in [6.45, 7) is 3.35. The Hall–Kier alpha value is -3.27. The minimum absolute atomic E-state index is 0.0191. The Bertz CT molecular complexity index is 1030. The molecular weight excluding hydrogens is 426 g/mol. The second kappa shape index (κ2) is 10.1. The molecule has 0 aliphatic carbocycles. The number of amides is 3. The first kappa shape index (κ1) is 22.9. The molecule has 33 heavy (non-hydrogen) atoms. The molecule has 0 bridgehead atoms. The number of morpholine rings is 2. The molecule has 2 atom stereocenters. The van der Waals surface area contributed by atoms with Gasteiger partial charge in [0.1, 0.15) is 6.61 Å². The number of aliphatic hydroxyl groups excluding tert-OH is 1. The van der Waals surface area contributed by atoms with E-state index in [1.54, 1.807) is 41.3 Å². The summed E-state index contributed by atoms with van der Waals surface area (Å²) in [6.07, 6.45) is -2.13. The number of ether oxygens (including phenoxy) is 2. The van der Waals surface area contributed by atoms with Crippen LogP contribution in [0.5, 0.6) is 0 Å². The first-order valence-electron chi connectivity index (χ1n) is 11.0. The monoisotopic (exact) mass is 453 g/mol. The largest absolute Gasteiger partial charge is 0.380 e. The van der Waals surface area contributed by atoms with Gasteiger partial charge in [0.15, 0.2) is 12.2 Å². The van der Waals surface area contributed by atoms with Crippen LogP contribution in [0.1, 0.15) is 12.5 Å². The van der Waals surface area contributed by atoms with Gasteiger partial charge < -0.3 is 29.7 Å². The summed E-state index contributed by atoms with van der Waals surface area (Å²) in [7, 11) is 0. The SMILES string of the molecule is CCc1ccc(NC(=O)[C@H](O)[C@H]2OCCN(c3cccc(N4CCOCC4=O)c3)C2=O)cc1. The summed E-state index contributed by atoms with van der Waals surface area (Å²) in [5.74, 6) is -1.38. The number of anilines is 3. The lowest BCUT2D eigenvalue weighted by Gasteiger charge is -2.35. The third-order valence-corrected chi connectivity index (χ3v) is 5.75. The van der Waals surface area contributed by atoms with Crippen LogP contribution >= 0.6 is 0 Å². The first-order valence-corrected chi connectivity index (χ1v) is 11.0. The van der Waals surface area contributed by atoms with Crippen LogP contribution in [-0.2, 0) is 30.3 Å². The summed E-state index contributed by atoms with van der Waals surface area (Å²) < 4.78 is 10.7. The van der Waals surface area contributed by atoms with E-state index in [4.69, 9.17) is 9.47 Å². The molecule has 2 aromatic carbocycles. The van der Waals surface area contributed by atoms with E-state index in [2.05, 4.69) is 5.32 Å². The summed E-state index contributed by atoms with van der Waals surface area (Å²) in [5, 5.41) is 13.2. The smallest absolute Gasteiger partial charge is 0.259 e. The van der Waals surface area contributed by atoms with Gasteiger partial charge in [-0.15, -0.1) is 0 Å². The fourth-order valence-corrected chi connectivity index (χ4v) is 3.89. The molecular formula is C24H27N3O6. The molecule has 9 nitrogen and oxygen atoms in total. The molecule has 0 radical (unpaired) electrons. The third-order valence-electron chi connectivity index (χ3n) is 5.75. The molecule has 0 spiro atoms. The molecule has 174 valence electrons. The van der Waals surface area contributed by atoms with E-state index in [0.29, 0.717) is 30.2 Å². The Morgan fingerprint density at radius 2 is 1.79 bits per heavy atom. The molecule has 0 unspecified atom stereocenters. The van der Waals surface area contributed by atoms with Crippen LogP contribution in [0, 0.1) is 0 Å². The fourth-order valence-electron chi connectivity index (χ4n) is 3.89. The van der Waals surface area contributed by atoms with Gasteiger partial charge in [-0.25, -0.2) is 0 Å². The van der Waals surface area contributed by atoms with E-state index in [-0.39, 0.29) is 25.7 Å². The van der Waals surface area contributed by atoms with Crippen LogP contribution in [0.25, 0.3) is 0 Å². The highest BCUT2D eigenvalue weighted by Gasteiger charge is 2.39. The van der Waals surface area contributed by atoms with E-state index in [1.807, 2.05) is 19.1 Å². The molecule has 2 aromatic rings. The number of rotatable bonds is 6. The van der Waals surface area contributed by atoms with Crippen molar-refractivity contribution in [3.05, 3.63) is 54.1 Å².